The molecule has 0 spiro atoms. The molecular formula is C17H11Br. The second-order valence-electron chi connectivity index (χ2n) is 4.85. The van der Waals surface area contributed by atoms with Gasteiger partial charge >= 0.3 is 0 Å². The van der Waals surface area contributed by atoms with E-state index >= 15 is 0 Å². The van der Waals surface area contributed by atoms with Crippen molar-refractivity contribution in [3.8, 4) is 0 Å². The summed E-state index contributed by atoms with van der Waals surface area (Å²) in [6, 6.07) is 17.6. The summed E-state index contributed by atoms with van der Waals surface area (Å²) < 4.78 is 1.17. The van der Waals surface area contributed by atoms with Gasteiger partial charge in [0.15, 0.2) is 0 Å². The van der Waals surface area contributed by atoms with Gasteiger partial charge in [-0.25, -0.2) is 0 Å². The molecule has 0 bridgehead atoms. The molecule has 0 fully saturated rings. The van der Waals surface area contributed by atoms with Crippen molar-refractivity contribution in [3.63, 3.8) is 0 Å². The highest BCUT2D eigenvalue weighted by atomic mass is 79.9. The zero-order valence-corrected chi connectivity index (χ0v) is 11.6. The number of hydrogen-bond donors (Lipinski definition) is 0. The van der Waals surface area contributed by atoms with Crippen molar-refractivity contribution in [2.24, 2.45) is 0 Å². The highest BCUT2D eigenvalue weighted by molar-refractivity contribution is 9.10. The molecule has 0 aliphatic rings. The molecule has 0 aliphatic carbocycles. The summed E-state index contributed by atoms with van der Waals surface area (Å²) in [5.41, 5.74) is 1.34. The van der Waals surface area contributed by atoms with Gasteiger partial charge < -0.3 is 0 Å². The van der Waals surface area contributed by atoms with E-state index in [-0.39, 0.29) is 0 Å². The quantitative estimate of drug-likeness (QED) is 0.367. The molecule has 0 amide bonds. The SMILES string of the molecule is Cc1ccc2ccc3ccc(Br)c4ccc1c2c34. The number of rotatable bonds is 0. The predicted molar refractivity (Wildman–Crippen MR) is 82.6 cm³/mol. The van der Waals surface area contributed by atoms with Crippen LogP contribution >= 0.6 is 15.9 Å². The van der Waals surface area contributed by atoms with Crippen LogP contribution in [-0.4, -0.2) is 0 Å². The Bertz CT molecular complexity index is 815. The highest BCUT2D eigenvalue weighted by Gasteiger charge is 2.10. The lowest BCUT2D eigenvalue weighted by molar-refractivity contribution is 1.55. The smallest absolute Gasteiger partial charge is 0.0254 e. The van der Waals surface area contributed by atoms with Crippen LogP contribution in [0.4, 0.5) is 0 Å². The maximum absolute atomic E-state index is 3.66. The van der Waals surface area contributed by atoms with Crippen LogP contribution in [0.5, 0.6) is 0 Å². The maximum atomic E-state index is 3.66. The number of hydrogen-bond acceptors (Lipinski definition) is 0. The standard InChI is InChI=1S/C17H11Br/c1-10-2-3-11-4-5-12-6-9-15(18)14-8-7-13(10)16(11)17(12)14/h2-9H,1H3. The highest BCUT2D eigenvalue weighted by Crippen LogP contribution is 2.38. The minimum Gasteiger partial charge on any atom is -0.0581 e. The van der Waals surface area contributed by atoms with Gasteiger partial charge in [-0.2, -0.15) is 0 Å². The third kappa shape index (κ3) is 1.20. The molecule has 0 radical (unpaired) electrons. The zero-order valence-electron chi connectivity index (χ0n) is 10.00. The summed E-state index contributed by atoms with van der Waals surface area (Å²) in [6.07, 6.45) is 0. The van der Waals surface area contributed by atoms with Gasteiger partial charge in [0, 0.05) is 4.47 Å². The van der Waals surface area contributed by atoms with Gasteiger partial charge in [0.25, 0.3) is 0 Å². The van der Waals surface area contributed by atoms with Gasteiger partial charge in [-0.05, 0) is 50.9 Å². The topological polar surface area (TPSA) is 0 Å². The van der Waals surface area contributed by atoms with E-state index in [1.165, 1.54) is 42.4 Å². The monoisotopic (exact) mass is 294 g/mol. The minimum atomic E-state index is 1.17. The van der Waals surface area contributed by atoms with Crippen LogP contribution < -0.4 is 0 Å². The average molecular weight is 295 g/mol. The number of benzene rings is 4. The Morgan fingerprint density at radius 1 is 0.667 bits per heavy atom. The van der Waals surface area contributed by atoms with Gasteiger partial charge in [0.05, 0.1) is 0 Å². The van der Waals surface area contributed by atoms with Crippen molar-refractivity contribution in [3.05, 3.63) is 58.6 Å². The Morgan fingerprint density at radius 3 is 2.00 bits per heavy atom. The van der Waals surface area contributed by atoms with Gasteiger partial charge in [0.1, 0.15) is 0 Å². The molecule has 0 saturated carbocycles. The number of aryl methyl sites for hydroxylation is 1. The first kappa shape index (κ1) is 10.3. The molecule has 0 heterocycles. The fourth-order valence-electron chi connectivity index (χ4n) is 2.91. The van der Waals surface area contributed by atoms with Crippen molar-refractivity contribution in [2.45, 2.75) is 6.92 Å². The Hall–Kier alpha value is -1.60. The molecule has 4 aromatic carbocycles. The second-order valence-corrected chi connectivity index (χ2v) is 5.71. The van der Waals surface area contributed by atoms with Crippen molar-refractivity contribution in [2.75, 3.05) is 0 Å². The fraction of sp³-hybridized carbons (Fsp3) is 0.0588. The van der Waals surface area contributed by atoms with Gasteiger partial charge in [-0.1, -0.05) is 58.4 Å². The normalized spacial score (nSPS) is 11.9. The molecular weight excluding hydrogens is 284 g/mol. The lowest BCUT2D eigenvalue weighted by Crippen LogP contribution is -1.86. The van der Waals surface area contributed by atoms with Crippen LogP contribution in [0.2, 0.25) is 0 Å². The van der Waals surface area contributed by atoms with Crippen LogP contribution in [0.3, 0.4) is 0 Å². The molecule has 0 nitrogen and oxygen atoms in total. The van der Waals surface area contributed by atoms with E-state index in [2.05, 4.69) is 71.4 Å². The molecule has 0 saturated heterocycles. The summed E-state index contributed by atoms with van der Waals surface area (Å²) in [6.45, 7) is 2.18. The minimum absolute atomic E-state index is 1.17. The second kappa shape index (κ2) is 3.46. The molecule has 4 rings (SSSR count). The molecule has 18 heavy (non-hydrogen) atoms. The Labute approximate surface area is 114 Å². The molecule has 1 heteroatoms. The number of halogens is 1. The Morgan fingerprint density at radius 2 is 1.22 bits per heavy atom. The van der Waals surface area contributed by atoms with Crippen LogP contribution in [0.15, 0.2) is 53.0 Å². The molecule has 0 aromatic heterocycles. The molecule has 0 atom stereocenters. The Kier molecular flexibility index (Phi) is 1.98. The van der Waals surface area contributed by atoms with E-state index in [1.807, 2.05) is 0 Å². The van der Waals surface area contributed by atoms with E-state index in [0.717, 1.165) is 0 Å². The average Bonchev–Trinajstić information content (AvgIpc) is 2.40. The summed E-state index contributed by atoms with van der Waals surface area (Å²) in [5.74, 6) is 0. The summed E-state index contributed by atoms with van der Waals surface area (Å²) in [7, 11) is 0. The van der Waals surface area contributed by atoms with E-state index in [1.54, 1.807) is 0 Å². The van der Waals surface area contributed by atoms with Gasteiger partial charge in [-0.15, -0.1) is 0 Å². The molecule has 86 valence electrons. The third-order valence-corrected chi connectivity index (χ3v) is 4.52. The van der Waals surface area contributed by atoms with Crippen molar-refractivity contribution < 1.29 is 0 Å². The molecule has 0 aliphatic heterocycles. The summed E-state index contributed by atoms with van der Waals surface area (Å²) in [4.78, 5) is 0. The van der Waals surface area contributed by atoms with Crippen molar-refractivity contribution in [1.29, 1.82) is 0 Å². The van der Waals surface area contributed by atoms with Crippen molar-refractivity contribution >= 4 is 48.2 Å². The Balaban J connectivity index is 2.47. The van der Waals surface area contributed by atoms with Gasteiger partial charge in [0.2, 0.25) is 0 Å². The van der Waals surface area contributed by atoms with Crippen molar-refractivity contribution in [1.82, 2.24) is 0 Å². The largest absolute Gasteiger partial charge is 0.0581 e. The lowest BCUT2D eigenvalue weighted by atomic mass is 9.92. The lowest BCUT2D eigenvalue weighted by Gasteiger charge is -2.13. The molecule has 0 N–H and O–H groups in total. The first-order valence-electron chi connectivity index (χ1n) is 6.08. The first-order chi connectivity index (χ1) is 8.75. The van der Waals surface area contributed by atoms with Gasteiger partial charge in [-0.3, -0.25) is 0 Å². The van der Waals surface area contributed by atoms with E-state index in [9.17, 15) is 0 Å². The van der Waals surface area contributed by atoms with E-state index < -0.39 is 0 Å². The van der Waals surface area contributed by atoms with Crippen LogP contribution in [0, 0.1) is 6.92 Å². The summed E-state index contributed by atoms with van der Waals surface area (Å²) >= 11 is 3.66. The van der Waals surface area contributed by atoms with Crippen LogP contribution in [0.1, 0.15) is 5.56 Å². The van der Waals surface area contributed by atoms with E-state index in [0.29, 0.717) is 0 Å². The van der Waals surface area contributed by atoms with Crippen LogP contribution in [0.25, 0.3) is 32.3 Å². The zero-order chi connectivity index (χ0) is 12.3. The van der Waals surface area contributed by atoms with Crippen LogP contribution in [-0.2, 0) is 0 Å². The third-order valence-electron chi connectivity index (χ3n) is 3.83. The maximum Gasteiger partial charge on any atom is 0.0254 e. The predicted octanol–water partition coefficient (Wildman–Crippen LogP) is 5.65. The fourth-order valence-corrected chi connectivity index (χ4v) is 3.37. The first-order valence-corrected chi connectivity index (χ1v) is 6.87. The summed E-state index contributed by atoms with van der Waals surface area (Å²) in [5, 5.41) is 8.08. The molecule has 4 aromatic rings. The van der Waals surface area contributed by atoms with E-state index in [4.69, 9.17) is 0 Å². The molecule has 0 unspecified atom stereocenters.